The first-order valence-corrected chi connectivity index (χ1v) is 18.3. The molecule has 0 radical (unpaired) electrons. The molecule has 0 aliphatic carbocycles. The van der Waals surface area contributed by atoms with Crippen molar-refractivity contribution in [2.45, 2.75) is 45.2 Å². The van der Waals surface area contributed by atoms with Crippen LogP contribution >= 0.6 is 0 Å². The van der Waals surface area contributed by atoms with Crippen molar-refractivity contribution in [2.24, 2.45) is 11.7 Å². The van der Waals surface area contributed by atoms with Crippen LogP contribution < -0.4 is 10.5 Å². The monoisotopic (exact) mass is 654 g/mol. The van der Waals surface area contributed by atoms with Gasteiger partial charge in [0, 0.05) is 42.8 Å². The van der Waals surface area contributed by atoms with Crippen molar-refractivity contribution in [1.29, 1.82) is 0 Å². The van der Waals surface area contributed by atoms with E-state index in [0.717, 1.165) is 41.3 Å². The van der Waals surface area contributed by atoms with Crippen molar-refractivity contribution < 1.29 is 26.8 Å². The molecule has 2 saturated heterocycles. The van der Waals surface area contributed by atoms with Crippen LogP contribution in [-0.2, 0) is 27.6 Å². The molecule has 5 rings (SSSR count). The van der Waals surface area contributed by atoms with E-state index in [1.165, 1.54) is 0 Å². The number of rotatable bonds is 14. The number of quaternary nitrogens is 1. The molecule has 2 aliphatic rings. The normalized spacial score (nSPS) is 19.8. The quantitative estimate of drug-likeness (QED) is 0.263. The minimum Gasteiger partial charge on any atom is -0.471 e. The van der Waals surface area contributed by atoms with Crippen molar-refractivity contribution in [2.75, 3.05) is 71.5 Å². The molecule has 9 nitrogen and oxygen atoms in total. The maximum absolute atomic E-state index is 15.9. The maximum atomic E-state index is 15.9. The van der Waals surface area contributed by atoms with Gasteiger partial charge in [-0.25, -0.2) is 17.8 Å². The number of ether oxygens (including phenoxy) is 1. The number of likely N-dealkylation sites (tertiary alicyclic amines) is 1. The van der Waals surface area contributed by atoms with Gasteiger partial charge in [0.2, 0.25) is 11.8 Å². The highest BCUT2D eigenvalue weighted by Gasteiger charge is 2.37. The average molecular weight is 655 g/mol. The standard InChI is InChI=1S/C35H48FN5O4S/c1-4-5-9-29-22-27-8-6-7-10-30(27)35(38-29)45-18-17-41(2,3)25-33(40-14-13-28(24-40)34(37)42)31-12-11-26(21-32(31)36)23-39-15-19-46(43,44)20-16-39/h6-8,10-12,21-22,28,33H,4-5,9,13-20,23-25H2,1-3H3,(H-,37,42)/p+1. The number of benzene rings is 2. The van der Waals surface area contributed by atoms with E-state index in [9.17, 15) is 13.2 Å². The lowest BCUT2D eigenvalue weighted by Crippen LogP contribution is -2.49. The predicted molar refractivity (Wildman–Crippen MR) is 180 cm³/mol. The number of fused-ring (bicyclic) bond motifs is 1. The number of hydrogen-bond donors (Lipinski definition) is 1. The summed E-state index contributed by atoms with van der Waals surface area (Å²) in [7, 11) is 1.27. The molecule has 2 aliphatic heterocycles. The summed E-state index contributed by atoms with van der Waals surface area (Å²) in [5.74, 6) is 0.0721. The van der Waals surface area contributed by atoms with Crippen molar-refractivity contribution in [3.63, 3.8) is 0 Å². The lowest BCUT2D eigenvalue weighted by atomic mass is 10.0. The Labute approximate surface area is 273 Å². The van der Waals surface area contributed by atoms with Crippen molar-refractivity contribution in [3.05, 3.63) is 71.2 Å². The number of unbranched alkanes of at least 4 members (excludes halogenated alkanes) is 1. The number of primary amides is 1. The summed E-state index contributed by atoms with van der Waals surface area (Å²) in [6, 6.07) is 15.4. The largest absolute Gasteiger partial charge is 0.471 e. The van der Waals surface area contributed by atoms with Crippen LogP contribution in [0, 0.1) is 11.7 Å². The van der Waals surface area contributed by atoms with Crippen molar-refractivity contribution in [1.82, 2.24) is 14.8 Å². The molecule has 250 valence electrons. The van der Waals surface area contributed by atoms with E-state index in [4.69, 9.17) is 15.5 Å². The number of aromatic nitrogens is 1. The molecule has 46 heavy (non-hydrogen) atoms. The molecule has 11 heteroatoms. The summed E-state index contributed by atoms with van der Waals surface area (Å²) in [6.45, 7) is 6.50. The molecule has 2 atom stereocenters. The van der Waals surface area contributed by atoms with Gasteiger partial charge in [-0.2, -0.15) is 0 Å². The van der Waals surface area contributed by atoms with E-state index in [2.05, 4.69) is 43.0 Å². The number of sulfone groups is 1. The second-order valence-electron chi connectivity index (χ2n) is 13.6. The fraction of sp³-hybridized carbons (Fsp3) is 0.543. The van der Waals surface area contributed by atoms with Gasteiger partial charge in [0.05, 0.1) is 44.1 Å². The third kappa shape index (κ3) is 8.82. The fourth-order valence-electron chi connectivity index (χ4n) is 6.58. The second-order valence-corrected chi connectivity index (χ2v) is 15.9. The number of amides is 1. The number of aryl methyl sites for hydroxylation is 1. The van der Waals surface area contributed by atoms with E-state index in [0.29, 0.717) is 74.8 Å². The van der Waals surface area contributed by atoms with Crippen LogP contribution in [0.5, 0.6) is 5.88 Å². The number of pyridine rings is 1. The number of likely N-dealkylation sites (N-methyl/N-ethyl adjacent to an activating group) is 1. The Bertz CT molecular complexity index is 1620. The molecular weight excluding hydrogens is 605 g/mol. The molecule has 0 spiro atoms. The predicted octanol–water partition coefficient (Wildman–Crippen LogP) is 3.95. The first-order valence-electron chi connectivity index (χ1n) is 16.5. The van der Waals surface area contributed by atoms with Crippen LogP contribution in [0.15, 0.2) is 48.5 Å². The van der Waals surface area contributed by atoms with Gasteiger partial charge in [-0.3, -0.25) is 14.6 Å². The molecule has 1 aromatic heterocycles. The Balaban J connectivity index is 1.30. The van der Waals surface area contributed by atoms with Crippen molar-refractivity contribution in [3.8, 4) is 5.88 Å². The highest BCUT2D eigenvalue weighted by atomic mass is 32.2. The molecule has 2 fully saturated rings. The molecule has 2 unspecified atom stereocenters. The van der Waals surface area contributed by atoms with Crippen LogP contribution in [-0.4, -0.2) is 105 Å². The number of nitrogens with two attached hydrogens (primary N) is 1. The van der Waals surface area contributed by atoms with Crippen LogP contribution in [0.4, 0.5) is 4.39 Å². The van der Waals surface area contributed by atoms with Gasteiger partial charge in [0.25, 0.3) is 0 Å². The number of hydrogen-bond acceptors (Lipinski definition) is 7. The highest BCUT2D eigenvalue weighted by Crippen LogP contribution is 2.32. The van der Waals surface area contributed by atoms with Gasteiger partial charge in [0.1, 0.15) is 19.0 Å². The summed E-state index contributed by atoms with van der Waals surface area (Å²) in [5.41, 5.74) is 8.12. The summed E-state index contributed by atoms with van der Waals surface area (Å²) >= 11 is 0. The van der Waals surface area contributed by atoms with Crippen LogP contribution in [0.1, 0.15) is 49.0 Å². The summed E-state index contributed by atoms with van der Waals surface area (Å²) in [4.78, 5) is 21.1. The van der Waals surface area contributed by atoms with E-state index in [1.807, 2.05) is 30.3 Å². The van der Waals surface area contributed by atoms with Gasteiger partial charge in [-0.15, -0.1) is 0 Å². The molecule has 2 aromatic carbocycles. The number of carbonyl (C=O) groups excluding carboxylic acids is 1. The molecule has 3 aromatic rings. The van der Waals surface area contributed by atoms with Crippen LogP contribution in [0.2, 0.25) is 0 Å². The number of halogens is 1. The minimum atomic E-state index is -2.98. The van der Waals surface area contributed by atoms with Gasteiger partial charge in [-0.1, -0.05) is 43.7 Å². The van der Waals surface area contributed by atoms with Crippen molar-refractivity contribution >= 4 is 26.5 Å². The summed E-state index contributed by atoms with van der Waals surface area (Å²) < 4.78 is 46.5. The van der Waals surface area contributed by atoms with E-state index >= 15 is 4.39 Å². The van der Waals surface area contributed by atoms with Gasteiger partial charge in [-0.05, 0) is 55.0 Å². The summed E-state index contributed by atoms with van der Waals surface area (Å²) in [5, 5.41) is 2.11. The third-order valence-corrected chi connectivity index (χ3v) is 11.1. The van der Waals surface area contributed by atoms with E-state index < -0.39 is 9.84 Å². The molecule has 0 saturated carbocycles. The molecule has 1 amide bonds. The van der Waals surface area contributed by atoms with E-state index in [-0.39, 0.29) is 35.2 Å². The Morgan fingerprint density at radius 3 is 2.59 bits per heavy atom. The Morgan fingerprint density at radius 2 is 1.89 bits per heavy atom. The number of carbonyl (C=O) groups is 1. The zero-order valence-electron chi connectivity index (χ0n) is 27.5. The minimum absolute atomic E-state index is 0.138. The lowest BCUT2D eigenvalue weighted by Gasteiger charge is -2.37. The van der Waals surface area contributed by atoms with Crippen LogP contribution in [0.25, 0.3) is 10.8 Å². The van der Waals surface area contributed by atoms with Gasteiger partial charge in [0.15, 0.2) is 9.84 Å². The fourth-order valence-corrected chi connectivity index (χ4v) is 7.86. The van der Waals surface area contributed by atoms with Gasteiger partial charge >= 0.3 is 0 Å². The van der Waals surface area contributed by atoms with Gasteiger partial charge < -0.3 is 15.0 Å². The van der Waals surface area contributed by atoms with E-state index in [1.54, 1.807) is 6.07 Å². The maximum Gasteiger partial charge on any atom is 0.221 e. The lowest BCUT2D eigenvalue weighted by molar-refractivity contribution is -0.893. The average Bonchev–Trinajstić information content (AvgIpc) is 3.51. The SMILES string of the molecule is CCCCc1cc2ccccc2c(OCC[N+](C)(C)CC(c2ccc(CN3CCS(=O)(=O)CC3)cc2F)N2CCC(C(N)=O)C2)n1. The Hall–Kier alpha value is -3.12. The highest BCUT2D eigenvalue weighted by molar-refractivity contribution is 7.91. The molecule has 3 heterocycles. The summed E-state index contributed by atoms with van der Waals surface area (Å²) in [6.07, 6.45) is 3.74. The Morgan fingerprint density at radius 1 is 1.13 bits per heavy atom. The topological polar surface area (TPSA) is 106 Å². The molecule has 2 N–H and O–H groups in total. The zero-order chi connectivity index (χ0) is 32.9. The first kappa shape index (κ1) is 34.2. The second kappa shape index (κ2) is 14.8. The van der Waals surface area contributed by atoms with Crippen LogP contribution in [0.3, 0.4) is 0 Å². The molecular formula is C35H49FN5O4S+. The molecule has 0 bridgehead atoms. The number of nitrogens with zero attached hydrogens (tertiary/aromatic N) is 4. The first-order chi connectivity index (χ1) is 21.9. The smallest absolute Gasteiger partial charge is 0.221 e. The third-order valence-electron chi connectivity index (χ3n) is 9.48. The zero-order valence-corrected chi connectivity index (χ0v) is 28.3. The Kier molecular flexibility index (Phi) is 11.0.